The first-order valence-corrected chi connectivity index (χ1v) is 5.92. The monoisotopic (exact) mass is 283 g/mol. The van der Waals surface area contributed by atoms with E-state index >= 15 is 0 Å². The van der Waals surface area contributed by atoms with E-state index in [2.05, 4.69) is 4.98 Å². The van der Waals surface area contributed by atoms with Crippen LogP contribution in [0.5, 0.6) is 0 Å². The van der Waals surface area contributed by atoms with Crippen LogP contribution in [0.4, 0.5) is 4.39 Å². The Morgan fingerprint density at radius 1 is 1.55 bits per heavy atom. The minimum Gasteiger partial charge on any atom is -0.259 e. The summed E-state index contributed by atoms with van der Waals surface area (Å²) < 4.78 is 12.4. The molecule has 8 heteroatoms. The molecule has 0 radical (unpaired) electrons. The van der Waals surface area contributed by atoms with Gasteiger partial charge in [0, 0.05) is 12.7 Å². The zero-order valence-corrected chi connectivity index (χ0v) is 11.3. The number of hydrogen-bond acceptors (Lipinski definition) is 5. The highest BCUT2D eigenvalue weighted by molar-refractivity contribution is 5.37. The summed E-state index contributed by atoms with van der Waals surface area (Å²) in [7, 11) is 1.52. The zero-order chi connectivity index (χ0) is 15.2. The molecule has 1 aromatic rings. The number of aromatic nitrogens is 1. The van der Waals surface area contributed by atoms with E-state index in [0.717, 1.165) is 6.20 Å². The highest BCUT2D eigenvalue weighted by Gasteiger charge is 2.28. The second-order valence-electron chi connectivity index (χ2n) is 4.26. The molecule has 0 saturated heterocycles. The Balaban J connectivity index is 2.94. The van der Waals surface area contributed by atoms with Crippen molar-refractivity contribution in [1.82, 2.24) is 9.99 Å². The fourth-order valence-corrected chi connectivity index (χ4v) is 1.67. The topological polar surface area (TPSA) is 76.3 Å². The van der Waals surface area contributed by atoms with Gasteiger partial charge in [-0.2, -0.15) is 8.98 Å². The maximum absolute atomic E-state index is 12.7. The molecule has 20 heavy (non-hydrogen) atoms. The van der Waals surface area contributed by atoms with Crippen LogP contribution in [-0.2, 0) is 11.3 Å². The van der Waals surface area contributed by atoms with Crippen molar-refractivity contribution in [2.24, 2.45) is 0 Å². The molecule has 0 aliphatic heterocycles. The van der Waals surface area contributed by atoms with E-state index in [0.29, 0.717) is 25.1 Å². The molecule has 0 aliphatic carbocycles. The van der Waals surface area contributed by atoms with Gasteiger partial charge in [-0.05, 0) is 18.6 Å². The molecule has 1 atom stereocenters. The number of hydrogen-bond donors (Lipinski definition) is 0. The molecule has 7 nitrogen and oxygen atoms in total. The molecule has 108 valence electrons. The average Bonchev–Trinajstić information content (AvgIpc) is 2.44. The molecule has 0 fully saturated rings. The van der Waals surface area contributed by atoms with Gasteiger partial charge in [-0.3, -0.25) is 10.1 Å². The van der Waals surface area contributed by atoms with Gasteiger partial charge in [0.1, 0.15) is 0 Å². The quantitative estimate of drug-likeness (QED) is 0.248. The van der Waals surface area contributed by atoms with E-state index in [4.69, 9.17) is 0 Å². The lowest BCUT2D eigenvalue weighted by molar-refractivity contribution is -0.903. The van der Waals surface area contributed by atoms with Crippen LogP contribution in [0.2, 0.25) is 0 Å². The van der Waals surface area contributed by atoms with Gasteiger partial charge < -0.3 is 0 Å². The third-order valence-electron chi connectivity index (χ3n) is 2.83. The predicted molar refractivity (Wildman–Crippen MR) is 68.7 cm³/mol. The zero-order valence-electron chi connectivity index (χ0n) is 11.3. The van der Waals surface area contributed by atoms with E-state index < -0.39 is 10.9 Å². The smallest absolute Gasteiger partial charge is 0.259 e. The summed E-state index contributed by atoms with van der Waals surface area (Å²) in [5.74, 6) is -0.585. The summed E-state index contributed by atoms with van der Waals surface area (Å²) in [6, 6.07) is 2.78. The highest BCUT2D eigenvalue weighted by atomic mass is 19.1. The average molecular weight is 283 g/mol. The minimum absolute atomic E-state index is 0.307. The first-order valence-electron chi connectivity index (χ1n) is 5.92. The first kappa shape index (κ1) is 15.9. The van der Waals surface area contributed by atoms with Crippen molar-refractivity contribution >= 4 is 6.41 Å². The first-order chi connectivity index (χ1) is 9.41. The van der Waals surface area contributed by atoms with Crippen molar-refractivity contribution in [1.29, 1.82) is 0 Å². The summed E-state index contributed by atoms with van der Waals surface area (Å²) in [5, 5.41) is 12.1. The number of halogens is 1. The van der Waals surface area contributed by atoms with Gasteiger partial charge in [-0.1, -0.05) is 6.07 Å². The Morgan fingerprint density at radius 2 is 2.25 bits per heavy atom. The van der Waals surface area contributed by atoms with Crippen molar-refractivity contribution in [2.45, 2.75) is 13.5 Å². The van der Waals surface area contributed by atoms with Crippen LogP contribution < -0.4 is 0 Å². The lowest BCUT2D eigenvalue weighted by Gasteiger charge is -2.32. The number of pyridine rings is 1. The summed E-state index contributed by atoms with van der Waals surface area (Å²) in [6.07, 6.45) is 3.85. The standard InChI is InChI=1S/C12H16FN4O3/c1-3-15(9-11-4-5-12(13)14-8-11)17(2,10-18)7-6-16(19)20/h4-8,10H,3,9H2,1-2H3/q+1. The van der Waals surface area contributed by atoms with Crippen LogP contribution in [0.3, 0.4) is 0 Å². The molecule has 1 rings (SSSR count). The summed E-state index contributed by atoms with van der Waals surface area (Å²) in [4.78, 5) is 24.6. The molecule has 0 aromatic carbocycles. The van der Waals surface area contributed by atoms with E-state index in [1.165, 1.54) is 25.5 Å². The molecule has 1 aromatic heterocycles. The van der Waals surface area contributed by atoms with Gasteiger partial charge in [0.25, 0.3) is 6.20 Å². The Morgan fingerprint density at radius 3 is 2.70 bits per heavy atom. The Kier molecular flexibility index (Phi) is 5.42. The number of carbonyl (C=O) groups excluding carboxylic acids is 1. The van der Waals surface area contributed by atoms with E-state index in [-0.39, 0.29) is 4.59 Å². The predicted octanol–water partition coefficient (Wildman–Crippen LogP) is 1.31. The number of nitrogens with zero attached hydrogens (tertiary/aromatic N) is 4. The number of rotatable bonds is 7. The van der Waals surface area contributed by atoms with Crippen molar-refractivity contribution in [3.8, 4) is 0 Å². The van der Waals surface area contributed by atoms with Crippen LogP contribution in [0.15, 0.2) is 30.7 Å². The second-order valence-corrected chi connectivity index (χ2v) is 4.26. The molecule has 0 aliphatic rings. The Bertz CT molecular complexity index is 506. The molecule has 1 unspecified atom stereocenters. The second kappa shape index (κ2) is 6.83. The molecule has 0 saturated carbocycles. The van der Waals surface area contributed by atoms with Crippen molar-refractivity contribution < 1.29 is 18.7 Å². The summed E-state index contributed by atoms with van der Waals surface area (Å²) >= 11 is 0. The van der Waals surface area contributed by atoms with Gasteiger partial charge >= 0.3 is 6.41 Å². The number of carbonyl (C=O) groups is 1. The summed E-state index contributed by atoms with van der Waals surface area (Å²) in [6.45, 7) is 2.59. The van der Waals surface area contributed by atoms with Gasteiger partial charge in [0.15, 0.2) is 6.20 Å². The Hall–Kier alpha value is -2.19. The minimum atomic E-state index is -0.632. The van der Waals surface area contributed by atoms with Crippen molar-refractivity contribution in [3.63, 3.8) is 0 Å². The maximum Gasteiger partial charge on any atom is 0.325 e. The Labute approximate surface area is 115 Å². The highest BCUT2D eigenvalue weighted by Crippen LogP contribution is 2.13. The van der Waals surface area contributed by atoms with Gasteiger partial charge in [-0.15, -0.1) is 5.01 Å². The van der Waals surface area contributed by atoms with Gasteiger partial charge in [-0.25, -0.2) is 9.78 Å². The van der Waals surface area contributed by atoms with Crippen LogP contribution in [-0.4, -0.2) is 39.5 Å². The van der Waals surface area contributed by atoms with Crippen LogP contribution in [0.25, 0.3) is 0 Å². The molecule has 1 heterocycles. The lowest BCUT2D eigenvalue weighted by atomic mass is 10.3. The van der Waals surface area contributed by atoms with Crippen LogP contribution in [0, 0.1) is 16.1 Å². The molecule has 1 amide bonds. The third kappa shape index (κ3) is 4.18. The number of nitro groups is 1. The molecule has 0 N–H and O–H groups in total. The number of amides is 1. The summed E-state index contributed by atoms with van der Waals surface area (Å²) in [5.41, 5.74) is 0.703. The van der Waals surface area contributed by atoms with Crippen molar-refractivity contribution in [2.75, 3.05) is 13.6 Å². The van der Waals surface area contributed by atoms with Crippen LogP contribution >= 0.6 is 0 Å². The van der Waals surface area contributed by atoms with Crippen molar-refractivity contribution in [3.05, 3.63) is 52.4 Å². The van der Waals surface area contributed by atoms with E-state index in [9.17, 15) is 19.3 Å². The molecular formula is C12H16FN4O3+. The van der Waals surface area contributed by atoms with Gasteiger partial charge in [0.2, 0.25) is 5.95 Å². The normalized spacial score (nSPS) is 14.4. The number of quaternary nitrogens is 1. The van der Waals surface area contributed by atoms with E-state index in [1.54, 1.807) is 11.1 Å². The third-order valence-corrected chi connectivity index (χ3v) is 2.83. The lowest BCUT2D eigenvalue weighted by Crippen LogP contribution is -2.52. The fraction of sp³-hybridized carbons (Fsp3) is 0.333. The van der Waals surface area contributed by atoms with Crippen LogP contribution in [0.1, 0.15) is 12.5 Å². The van der Waals surface area contributed by atoms with Gasteiger partial charge in [0.05, 0.1) is 18.5 Å². The van der Waals surface area contributed by atoms with E-state index in [1.807, 2.05) is 6.92 Å². The largest absolute Gasteiger partial charge is 0.325 e. The maximum atomic E-state index is 12.7. The molecular weight excluding hydrogens is 267 g/mol. The SMILES string of the molecule is CCN(Cc1ccc(F)nc1)[N+](C)(C=O)C=C[N+](=O)[O-]. The molecule has 0 spiro atoms. The molecule has 0 bridgehead atoms. The fourth-order valence-electron chi connectivity index (χ4n) is 1.67.